The van der Waals surface area contributed by atoms with Crippen molar-refractivity contribution in [3.63, 3.8) is 0 Å². The van der Waals surface area contributed by atoms with Gasteiger partial charge in [0.2, 0.25) is 5.91 Å². The second-order valence-electron chi connectivity index (χ2n) is 10.4. The van der Waals surface area contributed by atoms with Gasteiger partial charge in [-0.2, -0.15) is 0 Å². The molecule has 0 bridgehead atoms. The summed E-state index contributed by atoms with van der Waals surface area (Å²) in [6.45, 7) is 4.18. The topological polar surface area (TPSA) is 85.1 Å². The summed E-state index contributed by atoms with van der Waals surface area (Å²) in [6, 6.07) is 4.29. The molecule has 6 nitrogen and oxygen atoms in total. The van der Waals surface area contributed by atoms with Gasteiger partial charge in [0.05, 0.1) is 0 Å². The number of nitrogens with zero attached hydrogens (tertiary/aromatic N) is 2. The summed E-state index contributed by atoms with van der Waals surface area (Å²) in [6.07, 6.45) is 9.19. The summed E-state index contributed by atoms with van der Waals surface area (Å²) >= 11 is 1.49. The van der Waals surface area contributed by atoms with Crippen molar-refractivity contribution in [2.24, 2.45) is 23.2 Å². The van der Waals surface area contributed by atoms with Gasteiger partial charge in [0, 0.05) is 29.3 Å². The van der Waals surface area contributed by atoms with Crippen LogP contribution in [0.3, 0.4) is 0 Å². The summed E-state index contributed by atoms with van der Waals surface area (Å²) in [5, 5.41) is 3.59. The van der Waals surface area contributed by atoms with Gasteiger partial charge in [-0.25, -0.2) is 9.97 Å². The molecule has 2 aromatic heterocycles. The number of oxazole rings is 1. The maximum absolute atomic E-state index is 13.2. The Hall–Kier alpha value is -2.54. The molecule has 0 radical (unpaired) electrons. The first-order chi connectivity index (χ1) is 15.9. The zero-order valence-electron chi connectivity index (χ0n) is 19.1. The summed E-state index contributed by atoms with van der Waals surface area (Å²) in [5.74, 6) is 1.98. The molecule has 3 aliphatic carbocycles. The van der Waals surface area contributed by atoms with Crippen LogP contribution in [0.1, 0.15) is 67.4 Å². The molecule has 6 rings (SSSR count). The monoisotopic (exact) mass is 463 g/mol. The lowest BCUT2D eigenvalue weighted by Gasteiger charge is -2.50. The number of amides is 1. The van der Waals surface area contributed by atoms with E-state index in [0.717, 1.165) is 48.1 Å². The molecule has 5 atom stereocenters. The second kappa shape index (κ2) is 7.76. The van der Waals surface area contributed by atoms with Crippen molar-refractivity contribution in [2.75, 3.05) is 5.32 Å². The molecule has 0 spiro atoms. The number of nitrogens with one attached hydrogen (secondary N) is 1. The van der Waals surface area contributed by atoms with Crippen molar-refractivity contribution in [3.8, 4) is 0 Å². The first-order valence-corrected chi connectivity index (χ1v) is 12.9. The molecule has 2 fully saturated rings. The summed E-state index contributed by atoms with van der Waals surface area (Å²) in [7, 11) is 0. The Labute approximate surface area is 197 Å². The van der Waals surface area contributed by atoms with Crippen molar-refractivity contribution < 1.29 is 14.0 Å². The van der Waals surface area contributed by atoms with Crippen LogP contribution in [-0.2, 0) is 16.0 Å². The number of rotatable bonds is 4. The molecular weight excluding hydrogens is 434 g/mol. The number of hydrogen-bond acceptors (Lipinski definition) is 6. The zero-order chi connectivity index (χ0) is 22.7. The van der Waals surface area contributed by atoms with Crippen molar-refractivity contribution >= 4 is 39.3 Å². The summed E-state index contributed by atoms with van der Waals surface area (Å²) < 4.78 is 5.54. The number of hydrogen-bond donors (Lipinski definition) is 1. The van der Waals surface area contributed by atoms with Crippen LogP contribution in [0.5, 0.6) is 0 Å². The average Bonchev–Trinajstić information content (AvgIpc) is 3.50. The smallest absolute Gasteiger partial charge is 0.226 e. The molecule has 2 saturated carbocycles. The van der Waals surface area contributed by atoms with Crippen LogP contribution in [0.15, 0.2) is 29.1 Å². The number of carbonyl (C=O) groups is 2. The Morgan fingerprint density at radius 3 is 3.00 bits per heavy atom. The third kappa shape index (κ3) is 3.35. The molecule has 3 aliphatic rings. The minimum atomic E-state index is -0.246. The van der Waals surface area contributed by atoms with Crippen molar-refractivity contribution in [2.45, 2.75) is 64.7 Å². The summed E-state index contributed by atoms with van der Waals surface area (Å²) in [5.41, 5.74) is 4.37. The number of benzene rings is 1. The minimum Gasteiger partial charge on any atom is -0.443 e. The van der Waals surface area contributed by atoms with E-state index in [-0.39, 0.29) is 17.2 Å². The van der Waals surface area contributed by atoms with Crippen molar-refractivity contribution in [3.05, 3.63) is 40.7 Å². The highest BCUT2D eigenvalue weighted by molar-refractivity contribution is 7.15. The van der Waals surface area contributed by atoms with Crippen LogP contribution < -0.4 is 5.32 Å². The number of aryl methyl sites for hydroxylation is 2. The van der Waals surface area contributed by atoms with Gasteiger partial charge >= 0.3 is 0 Å². The second-order valence-corrected chi connectivity index (χ2v) is 11.6. The van der Waals surface area contributed by atoms with Gasteiger partial charge in [0.15, 0.2) is 17.1 Å². The Balaban J connectivity index is 1.23. The fourth-order valence-electron chi connectivity index (χ4n) is 7.24. The lowest BCUT2D eigenvalue weighted by molar-refractivity contribution is -0.129. The quantitative estimate of drug-likeness (QED) is 0.539. The van der Waals surface area contributed by atoms with Crippen LogP contribution in [-0.4, -0.2) is 21.7 Å². The normalized spacial score (nSPS) is 30.7. The molecule has 2 heterocycles. The number of ketones is 1. The Morgan fingerprint density at radius 1 is 1.30 bits per heavy atom. The molecule has 172 valence electrons. The van der Waals surface area contributed by atoms with E-state index in [4.69, 9.17) is 4.42 Å². The molecule has 3 aromatic rings. The SMILES string of the molecule is Cc1cnc(NC(=O)CCC2CC(=O)C3(C)CCC4c5ccc6ocnc6c5CCC4C23)s1. The van der Waals surface area contributed by atoms with Crippen LogP contribution >= 0.6 is 11.3 Å². The lowest BCUT2D eigenvalue weighted by Crippen LogP contribution is -2.44. The lowest BCUT2D eigenvalue weighted by atomic mass is 9.54. The van der Waals surface area contributed by atoms with Gasteiger partial charge < -0.3 is 9.73 Å². The highest BCUT2D eigenvalue weighted by Gasteiger charge is 2.58. The third-order valence-corrected chi connectivity index (χ3v) is 9.49. The molecular formula is C26H29N3O3S. The number of thiazole rings is 1. The number of carbonyl (C=O) groups excluding carboxylic acids is 2. The van der Waals surface area contributed by atoms with E-state index in [2.05, 4.69) is 34.3 Å². The zero-order valence-corrected chi connectivity index (χ0v) is 19.9. The van der Waals surface area contributed by atoms with Crippen molar-refractivity contribution in [1.82, 2.24) is 9.97 Å². The van der Waals surface area contributed by atoms with E-state index in [1.165, 1.54) is 22.5 Å². The van der Waals surface area contributed by atoms with Crippen molar-refractivity contribution in [1.29, 1.82) is 0 Å². The van der Waals surface area contributed by atoms with Crippen LogP contribution in [0.25, 0.3) is 11.1 Å². The maximum Gasteiger partial charge on any atom is 0.226 e. The molecule has 1 N–H and O–H groups in total. The molecule has 0 saturated heterocycles. The molecule has 33 heavy (non-hydrogen) atoms. The van der Waals surface area contributed by atoms with E-state index in [0.29, 0.717) is 41.5 Å². The van der Waals surface area contributed by atoms with Crippen LogP contribution in [0.4, 0.5) is 5.13 Å². The fraction of sp³-hybridized carbons (Fsp3) is 0.538. The van der Waals surface area contributed by atoms with Gasteiger partial charge in [0.25, 0.3) is 0 Å². The number of anilines is 1. The third-order valence-electron chi connectivity index (χ3n) is 8.66. The highest BCUT2D eigenvalue weighted by Crippen LogP contribution is 2.62. The Morgan fingerprint density at radius 2 is 2.18 bits per heavy atom. The highest BCUT2D eigenvalue weighted by atomic mass is 32.1. The van der Waals surface area contributed by atoms with Crippen LogP contribution in [0, 0.1) is 30.1 Å². The summed E-state index contributed by atoms with van der Waals surface area (Å²) in [4.78, 5) is 35.6. The van der Waals surface area contributed by atoms with Crippen LogP contribution in [0.2, 0.25) is 0 Å². The van der Waals surface area contributed by atoms with E-state index < -0.39 is 0 Å². The number of aromatic nitrogens is 2. The first-order valence-electron chi connectivity index (χ1n) is 12.0. The van der Waals surface area contributed by atoms with Gasteiger partial charge in [0.1, 0.15) is 11.3 Å². The van der Waals surface area contributed by atoms with E-state index >= 15 is 0 Å². The van der Waals surface area contributed by atoms with Gasteiger partial charge in [-0.3, -0.25) is 9.59 Å². The largest absolute Gasteiger partial charge is 0.443 e. The van der Waals surface area contributed by atoms with Gasteiger partial charge in [-0.05, 0) is 79.9 Å². The molecule has 7 heteroatoms. The van der Waals surface area contributed by atoms with E-state index in [1.807, 2.05) is 6.92 Å². The predicted molar refractivity (Wildman–Crippen MR) is 127 cm³/mol. The fourth-order valence-corrected chi connectivity index (χ4v) is 7.92. The van der Waals surface area contributed by atoms with Gasteiger partial charge in [-0.15, -0.1) is 11.3 Å². The Kier molecular flexibility index (Phi) is 4.94. The standard InChI is InChI=1S/C26H29N3O3S/c1-14-12-27-25(33-14)29-22(31)8-3-15-11-21(30)26(2)10-9-17-16-6-7-20-24(28-13-32-20)19(16)5-4-18(17)23(15)26/h6-7,12-13,15,17-18,23H,3-5,8-11H2,1-2H3,(H,27,29,31). The number of fused-ring (bicyclic) bond motifs is 7. The van der Waals surface area contributed by atoms with E-state index in [1.54, 1.807) is 12.6 Å². The maximum atomic E-state index is 13.2. The number of Topliss-reactive ketones (excluding diaryl/α,β-unsaturated/α-hetero) is 1. The van der Waals surface area contributed by atoms with Gasteiger partial charge in [-0.1, -0.05) is 13.0 Å². The molecule has 0 aliphatic heterocycles. The minimum absolute atomic E-state index is 0.000163. The average molecular weight is 464 g/mol. The molecule has 1 amide bonds. The first kappa shape index (κ1) is 21.0. The predicted octanol–water partition coefficient (Wildman–Crippen LogP) is 5.66. The Bertz CT molecular complexity index is 1250. The molecule has 5 unspecified atom stereocenters. The van der Waals surface area contributed by atoms with E-state index in [9.17, 15) is 9.59 Å². The molecule has 1 aromatic carbocycles.